The molecule has 1 amide bonds. The van der Waals surface area contributed by atoms with E-state index in [-0.39, 0.29) is 16.5 Å². The maximum atomic E-state index is 12.3. The van der Waals surface area contributed by atoms with Crippen molar-refractivity contribution in [2.45, 2.75) is 11.1 Å². The number of hydrogen-bond acceptors (Lipinski definition) is 5. The number of nitrogens with zero attached hydrogens (tertiary/aromatic N) is 1. The molecule has 3 rings (SSSR count). The topological polar surface area (TPSA) is 90.2 Å². The van der Waals surface area contributed by atoms with Crippen molar-refractivity contribution in [3.05, 3.63) is 81.1 Å². The molecular weight excluding hydrogens is 368 g/mol. The first-order valence-corrected chi connectivity index (χ1v) is 9.57. The van der Waals surface area contributed by atoms with Crippen molar-refractivity contribution in [2.75, 3.05) is 0 Å². The molecular formula is C19H14N2O3S2. The molecule has 0 radical (unpaired) electrons. The lowest BCUT2D eigenvalue weighted by Gasteiger charge is -2.25. The number of thioether (sulfide) groups is 2. The van der Waals surface area contributed by atoms with E-state index in [2.05, 4.69) is 5.32 Å². The number of carboxylic acid groups (broad SMARTS) is 1. The summed E-state index contributed by atoms with van der Waals surface area (Å²) in [5, 5.41) is 20.7. The van der Waals surface area contributed by atoms with Crippen LogP contribution in [0.2, 0.25) is 0 Å². The zero-order valence-electron chi connectivity index (χ0n) is 13.5. The van der Waals surface area contributed by atoms with Crippen molar-refractivity contribution >= 4 is 35.4 Å². The molecule has 130 valence electrons. The van der Waals surface area contributed by atoms with Crippen LogP contribution in [0, 0.1) is 11.3 Å². The van der Waals surface area contributed by atoms with Gasteiger partial charge in [-0.1, -0.05) is 54.2 Å². The normalized spacial score (nSPS) is 16.7. The third-order valence-electron chi connectivity index (χ3n) is 3.70. The highest BCUT2D eigenvalue weighted by Gasteiger charge is 2.29. The molecule has 1 atom stereocenters. The number of nitriles is 1. The molecule has 1 unspecified atom stereocenters. The van der Waals surface area contributed by atoms with Gasteiger partial charge >= 0.3 is 5.97 Å². The molecule has 2 N–H and O–H groups in total. The summed E-state index contributed by atoms with van der Waals surface area (Å²) in [6.07, 6.45) is 0. The maximum absolute atomic E-state index is 12.3. The molecule has 1 aliphatic rings. The standard InChI is InChI=1S/C19H14N2O3S2/c20-10-15-16(22)21-17(13-6-8-14(9-7-13)18(23)24)26-19(15)25-11-12-4-2-1-3-5-12/h1-9,17H,11H2,(H,21,22)(H,23,24). The number of amides is 1. The van der Waals surface area contributed by atoms with E-state index in [1.807, 2.05) is 36.4 Å². The second-order valence-corrected chi connectivity index (χ2v) is 7.81. The molecule has 26 heavy (non-hydrogen) atoms. The summed E-state index contributed by atoms with van der Waals surface area (Å²) in [7, 11) is 0. The van der Waals surface area contributed by atoms with Gasteiger partial charge in [-0.15, -0.1) is 11.8 Å². The second-order valence-electron chi connectivity index (χ2n) is 5.45. The minimum absolute atomic E-state index is 0.120. The first-order valence-electron chi connectivity index (χ1n) is 7.70. The van der Waals surface area contributed by atoms with Crippen LogP contribution < -0.4 is 5.32 Å². The van der Waals surface area contributed by atoms with Gasteiger partial charge in [-0.05, 0) is 23.3 Å². The van der Waals surface area contributed by atoms with Gasteiger partial charge in [0.15, 0.2) is 0 Å². The lowest BCUT2D eigenvalue weighted by molar-refractivity contribution is -0.117. The number of hydrogen-bond donors (Lipinski definition) is 2. The maximum Gasteiger partial charge on any atom is 0.335 e. The average Bonchev–Trinajstić information content (AvgIpc) is 2.67. The second kappa shape index (κ2) is 8.13. The highest BCUT2D eigenvalue weighted by Crippen LogP contribution is 2.44. The summed E-state index contributed by atoms with van der Waals surface area (Å²) < 4.78 is 0.674. The zero-order valence-corrected chi connectivity index (χ0v) is 15.1. The summed E-state index contributed by atoms with van der Waals surface area (Å²) in [6.45, 7) is 0. The SMILES string of the molecule is N#CC1=C(SCc2ccccc2)SC(c2ccc(C(=O)O)cc2)NC1=O. The molecule has 0 fully saturated rings. The Bertz CT molecular complexity index is 903. The third kappa shape index (κ3) is 4.10. The highest BCUT2D eigenvalue weighted by molar-refractivity contribution is 8.22. The Hall–Kier alpha value is -2.69. The van der Waals surface area contributed by atoms with E-state index in [9.17, 15) is 14.9 Å². The molecule has 1 aliphatic heterocycles. The van der Waals surface area contributed by atoms with Gasteiger partial charge in [0.2, 0.25) is 0 Å². The molecule has 2 aromatic carbocycles. The number of carbonyl (C=O) groups is 2. The molecule has 2 aromatic rings. The van der Waals surface area contributed by atoms with Crippen LogP contribution in [0.25, 0.3) is 0 Å². The fourth-order valence-corrected chi connectivity index (χ4v) is 4.80. The van der Waals surface area contributed by atoms with E-state index in [1.165, 1.54) is 35.7 Å². The quantitative estimate of drug-likeness (QED) is 0.815. The Morgan fingerprint density at radius 1 is 1.19 bits per heavy atom. The van der Waals surface area contributed by atoms with Crippen LogP contribution in [-0.2, 0) is 10.5 Å². The number of rotatable bonds is 5. The van der Waals surface area contributed by atoms with Gasteiger partial charge in [0.1, 0.15) is 17.0 Å². The largest absolute Gasteiger partial charge is 0.478 e. The van der Waals surface area contributed by atoms with Gasteiger partial charge in [-0.25, -0.2) is 4.79 Å². The van der Waals surface area contributed by atoms with Gasteiger partial charge < -0.3 is 10.4 Å². The average molecular weight is 382 g/mol. The van der Waals surface area contributed by atoms with Crippen molar-refractivity contribution < 1.29 is 14.7 Å². The van der Waals surface area contributed by atoms with E-state index < -0.39 is 11.9 Å². The minimum atomic E-state index is -0.998. The minimum Gasteiger partial charge on any atom is -0.478 e. The molecule has 1 heterocycles. The van der Waals surface area contributed by atoms with Crippen molar-refractivity contribution in [3.8, 4) is 6.07 Å². The smallest absolute Gasteiger partial charge is 0.335 e. The molecule has 0 spiro atoms. The van der Waals surface area contributed by atoms with Crippen LogP contribution in [0.5, 0.6) is 0 Å². The van der Waals surface area contributed by atoms with Crippen LogP contribution >= 0.6 is 23.5 Å². The Morgan fingerprint density at radius 2 is 1.88 bits per heavy atom. The van der Waals surface area contributed by atoms with Gasteiger partial charge in [-0.3, -0.25) is 4.79 Å². The van der Waals surface area contributed by atoms with E-state index in [0.717, 1.165) is 11.1 Å². The molecule has 0 saturated carbocycles. The Balaban J connectivity index is 1.79. The number of carboxylic acids is 1. The van der Waals surface area contributed by atoms with Gasteiger partial charge in [0.05, 0.1) is 9.80 Å². The first kappa shape index (κ1) is 18.1. The van der Waals surface area contributed by atoms with Crippen molar-refractivity contribution in [1.29, 1.82) is 5.26 Å². The van der Waals surface area contributed by atoms with Crippen LogP contribution in [-0.4, -0.2) is 17.0 Å². The number of nitrogens with one attached hydrogen (secondary N) is 1. The molecule has 5 nitrogen and oxygen atoms in total. The summed E-state index contributed by atoms with van der Waals surface area (Å²) in [4.78, 5) is 23.3. The Kier molecular flexibility index (Phi) is 5.66. The van der Waals surface area contributed by atoms with Crippen LogP contribution in [0.15, 0.2) is 64.4 Å². The summed E-state index contributed by atoms with van der Waals surface area (Å²) in [5.74, 6) is -0.747. The van der Waals surface area contributed by atoms with E-state index >= 15 is 0 Å². The van der Waals surface area contributed by atoms with Crippen molar-refractivity contribution in [2.24, 2.45) is 0 Å². The van der Waals surface area contributed by atoms with Crippen LogP contribution in [0.4, 0.5) is 0 Å². The third-order valence-corrected chi connectivity index (χ3v) is 6.33. The number of aromatic carboxylic acids is 1. The van der Waals surface area contributed by atoms with E-state index in [0.29, 0.717) is 9.99 Å². The zero-order chi connectivity index (χ0) is 18.5. The fraction of sp³-hybridized carbons (Fsp3) is 0.105. The number of carbonyl (C=O) groups excluding carboxylic acids is 1. The predicted molar refractivity (Wildman–Crippen MR) is 102 cm³/mol. The van der Waals surface area contributed by atoms with Gasteiger partial charge in [0.25, 0.3) is 5.91 Å². The molecule has 0 saturated heterocycles. The molecule has 0 bridgehead atoms. The van der Waals surface area contributed by atoms with E-state index in [4.69, 9.17) is 5.11 Å². The molecule has 0 aromatic heterocycles. The van der Waals surface area contributed by atoms with Crippen molar-refractivity contribution in [1.82, 2.24) is 5.32 Å². The Morgan fingerprint density at radius 3 is 2.50 bits per heavy atom. The van der Waals surface area contributed by atoms with Gasteiger partial charge in [0, 0.05) is 5.75 Å². The summed E-state index contributed by atoms with van der Waals surface area (Å²) in [6, 6.07) is 18.2. The van der Waals surface area contributed by atoms with E-state index in [1.54, 1.807) is 12.1 Å². The van der Waals surface area contributed by atoms with Crippen molar-refractivity contribution in [3.63, 3.8) is 0 Å². The predicted octanol–water partition coefficient (Wildman–Crippen LogP) is 3.91. The lowest BCUT2D eigenvalue weighted by atomic mass is 10.1. The van der Waals surface area contributed by atoms with Crippen LogP contribution in [0.3, 0.4) is 0 Å². The van der Waals surface area contributed by atoms with Crippen LogP contribution in [0.1, 0.15) is 26.9 Å². The number of benzene rings is 2. The summed E-state index contributed by atoms with van der Waals surface area (Å²) >= 11 is 2.85. The first-order chi connectivity index (χ1) is 12.6. The lowest BCUT2D eigenvalue weighted by Crippen LogP contribution is -2.31. The fourth-order valence-electron chi connectivity index (χ4n) is 2.36. The monoisotopic (exact) mass is 382 g/mol. The van der Waals surface area contributed by atoms with Gasteiger partial charge in [-0.2, -0.15) is 5.26 Å². The molecule has 7 heteroatoms. The highest BCUT2D eigenvalue weighted by atomic mass is 32.2. The summed E-state index contributed by atoms with van der Waals surface area (Å²) in [5.41, 5.74) is 2.20. The Labute approximate surface area is 159 Å². The molecule has 0 aliphatic carbocycles.